The minimum atomic E-state index is -0.0145. The maximum absolute atomic E-state index is 12.3. The van der Waals surface area contributed by atoms with E-state index in [0.717, 1.165) is 10.2 Å². The number of rotatable bonds is 6. The van der Waals surface area contributed by atoms with Gasteiger partial charge in [0.25, 0.3) is 5.91 Å². The lowest BCUT2D eigenvalue weighted by Gasteiger charge is -2.15. The minimum absolute atomic E-state index is 0.0145. The molecule has 1 atom stereocenters. The second kappa shape index (κ2) is 8.24. The molecule has 0 aliphatic carbocycles. The van der Waals surface area contributed by atoms with Crippen LogP contribution in [0.15, 0.2) is 76.6 Å². The van der Waals surface area contributed by atoms with Crippen molar-refractivity contribution in [1.82, 2.24) is 0 Å². The molecular formula is C19H18BrN2OS+. The van der Waals surface area contributed by atoms with Gasteiger partial charge in [0, 0.05) is 10.0 Å². The van der Waals surface area contributed by atoms with Gasteiger partial charge >= 0.3 is 0 Å². The number of amides is 1. The van der Waals surface area contributed by atoms with Crippen LogP contribution in [0.4, 0.5) is 5.69 Å². The van der Waals surface area contributed by atoms with Crippen LogP contribution in [0.1, 0.15) is 16.5 Å². The van der Waals surface area contributed by atoms with Crippen LogP contribution in [0.5, 0.6) is 0 Å². The Morgan fingerprint density at radius 1 is 1.04 bits per heavy atom. The van der Waals surface area contributed by atoms with Crippen LogP contribution in [0.25, 0.3) is 0 Å². The van der Waals surface area contributed by atoms with Crippen LogP contribution in [0, 0.1) is 0 Å². The zero-order valence-electron chi connectivity index (χ0n) is 13.0. The van der Waals surface area contributed by atoms with Gasteiger partial charge in [0.15, 0.2) is 6.54 Å². The Morgan fingerprint density at radius 3 is 2.50 bits per heavy atom. The molecule has 3 aromatic rings. The van der Waals surface area contributed by atoms with Crippen molar-refractivity contribution in [3.05, 3.63) is 87.0 Å². The molecule has 0 unspecified atom stereocenters. The van der Waals surface area contributed by atoms with E-state index in [9.17, 15) is 4.79 Å². The van der Waals surface area contributed by atoms with E-state index >= 15 is 0 Å². The summed E-state index contributed by atoms with van der Waals surface area (Å²) >= 11 is 5.16. The first-order chi connectivity index (χ1) is 11.7. The van der Waals surface area contributed by atoms with E-state index < -0.39 is 0 Å². The first kappa shape index (κ1) is 16.9. The molecule has 0 aliphatic rings. The van der Waals surface area contributed by atoms with Gasteiger partial charge in [0.05, 0.1) is 10.6 Å². The highest BCUT2D eigenvalue weighted by atomic mass is 79.9. The summed E-state index contributed by atoms with van der Waals surface area (Å²) in [5.41, 5.74) is 2.00. The molecule has 0 bridgehead atoms. The fraction of sp³-hybridized carbons (Fsp3) is 0.105. The number of thiophene rings is 1. The summed E-state index contributed by atoms with van der Waals surface area (Å²) in [6, 6.07) is 22.2. The van der Waals surface area contributed by atoms with Crippen molar-refractivity contribution in [3.63, 3.8) is 0 Å². The number of nitrogens with two attached hydrogens (primary N) is 1. The minimum Gasteiger partial charge on any atom is -0.328 e. The Morgan fingerprint density at radius 2 is 1.79 bits per heavy atom. The molecule has 0 radical (unpaired) electrons. The lowest BCUT2D eigenvalue weighted by Crippen LogP contribution is -2.87. The number of benzene rings is 2. The summed E-state index contributed by atoms with van der Waals surface area (Å²) in [6.45, 7) is 0.360. The van der Waals surface area contributed by atoms with Gasteiger partial charge in [0.1, 0.15) is 6.04 Å². The van der Waals surface area contributed by atoms with Gasteiger partial charge in [-0.3, -0.25) is 4.79 Å². The van der Waals surface area contributed by atoms with E-state index in [2.05, 4.69) is 50.1 Å². The van der Waals surface area contributed by atoms with Gasteiger partial charge in [0.2, 0.25) is 0 Å². The summed E-state index contributed by atoms with van der Waals surface area (Å²) in [5.74, 6) is -0.0145. The van der Waals surface area contributed by atoms with Crippen LogP contribution in [0.2, 0.25) is 0 Å². The number of anilines is 1. The molecule has 0 fully saturated rings. The number of para-hydroxylation sites is 1. The van der Waals surface area contributed by atoms with E-state index in [0.29, 0.717) is 6.54 Å². The van der Waals surface area contributed by atoms with E-state index in [4.69, 9.17) is 0 Å². The number of halogens is 1. The molecule has 0 saturated heterocycles. The highest BCUT2D eigenvalue weighted by Gasteiger charge is 2.19. The van der Waals surface area contributed by atoms with Crippen molar-refractivity contribution in [2.45, 2.75) is 6.04 Å². The summed E-state index contributed by atoms with van der Waals surface area (Å²) < 4.78 is 0.885. The first-order valence-electron chi connectivity index (χ1n) is 7.70. The smallest absolute Gasteiger partial charge is 0.279 e. The lowest BCUT2D eigenvalue weighted by molar-refractivity contribution is -0.675. The molecular weight excluding hydrogens is 384 g/mol. The molecule has 24 heavy (non-hydrogen) atoms. The Bertz CT molecular complexity index is 790. The lowest BCUT2D eigenvalue weighted by atomic mass is 10.1. The largest absolute Gasteiger partial charge is 0.328 e. The fourth-order valence-electron chi connectivity index (χ4n) is 2.53. The van der Waals surface area contributed by atoms with Crippen molar-refractivity contribution in [2.24, 2.45) is 0 Å². The third-order valence-electron chi connectivity index (χ3n) is 3.70. The molecule has 2 aromatic carbocycles. The normalized spacial score (nSPS) is 11.9. The standard InChI is InChI=1S/C19H17BrN2OS/c20-15-9-4-5-10-16(15)22-18(23)13-21-19(17-11-6-12-24-17)14-7-2-1-3-8-14/h1-12,19,21H,13H2,(H,22,23)/p+1/t19-/m1/s1. The summed E-state index contributed by atoms with van der Waals surface area (Å²) in [4.78, 5) is 13.6. The second-order valence-electron chi connectivity index (χ2n) is 5.37. The van der Waals surface area contributed by atoms with Crippen LogP contribution in [-0.4, -0.2) is 12.5 Å². The topological polar surface area (TPSA) is 45.7 Å². The van der Waals surface area contributed by atoms with Gasteiger partial charge in [-0.25, -0.2) is 0 Å². The molecule has 1 amide bonds. The van der Waals surface area contributed by atoms with E-state index in [-0.39, 0.29) is 11.9 Å². The van der Waals surface area contributed by atoms with Crippen molar-refractivity contribution in [2.75, 3.05) is 11.9 Å². The van der Waals surface area contributed by atoms with Crippen LogP contribution in [0.3, 0.4) is 0 Å². The van der Waals surface area contributed by atoms with E-state index in [1.807, 2.05) is 48.5 Å². The predicted molar refractivity (Wildman–Crippen MR) is 102 cm³/mol. The van der Waals surface area contributed by atoms with Crippen LogP contribution in [-0.2, 0) is 4.79 Å². The zero-order chi connectivity index (χ0) is 16.8. The zero-order valence-corrected chi connectivity index (χ0v) is 15.4. The Labute approximate surface area is 153 Å². The molecule has 3 nitrogen and oxygen atoms in total. The van der Waals surface area contributed by atoms with Crippen molar-refractivity contribution < 1.29 is 10.1 Å². The van der Waals surface area contributed by atoms with Crippen LogP contribution >= 0.6 is 27.3 Å². The summed E-state index contributed by atoms with van der Waals surface area (Å²) in [7, 11) is 0. The Kier molecular flexibility index (Phi) is 5.80. The maximum atomic E-state index is 12.3. The van der Waals surface area contributed by atoms with Gasteiger partial charge in [-0.2, -0.15) is 0 Å². The number of carbonyl (C=O) groups is 1. The van der Waals surface area contributed by atoms with E-state index in [1.54, 1.807) is 11.3 Å². The monoisotopic (exact) mass is 401 g/mol. The molecule has 0 spiro atoms. The average Bonchev–Trinajstić information content (AvgIpc) is 3.12. The Balaban J connectivity index is 1.68. The molecule has 5 heteroatoms. The third kappa shape index (κ3) is 4.32. The fourth-order valence-corrected chi connectivity index (χ4v) is 3.77. The molecule has 3 rings (SSSR count). The molecule has 122 valence electrons. The van der Waals surface area contributed by atoms with Gasteiger partial charge < -0.3 is 10.6 Å². The quantitative estimate of drug-likeness (QED) is 0.647. The van der Waals surface area contributed by atoms with Gasteiger partial charge in [-0.05, 0) is 39.5 Å². The second-order valence-corrected chi connectivity index (χ2v) is 7.21. The van der Waals surface area contributed by atoms with Crippen LogP contribution < -0.4 is 10.6 Å². The van der Waals surface area contributed by atoms with Gasteiger partial charge in [-0.1, -0.05) is 48.5 Å². The van der Waals surface area contributed by atoms with Crippen molar-refractivity contribution in [1.29, 1.82) is 0 Å². The summed E-state index contributed by atoms with van der Waals surface area (Å²) in [6.07, 6.45) is 0. The third-order valence-corrected chi connectivity index (χ3v) is 5.34. The SMILES string of the molecule is O=C(C[NH2+][C@H](c1ccccc1)c1cccs1)Nc1ccccc1Br. The van der Waals surface area contributed by atoms with Gasteiger partial charge in [-0.15, -0.1) is 11.3 Å². The number of hydrogen-bond acceptors (Lipinski definition) is 2. The number of quaternary nitrogens is 1. The average molecular weight is 402 g/mol. The number of nitrogens with one attached hydrogen (secondary N) is 1. The molecule has 1 heterocycles. The van der Waals surface area contributed by atoms with Crippen molar-refractivity contribution >= 4 is 38.9 Å². The predicted octanol–water partition coefficient (Wildman–Crippen LogP) is 3.80. The Hall–Kier alpha value is -1.95. The van der Waals surface area contributed by atoms with E-state index in [1.165, 1.54) is 10.4 Å². The maximum Gasteiger partial charge on any atom is 0.279 e. The first-order valence-corrected chi connectivity index (χ1v) is 9.37. The molecule has 0 aliphatic heterocycles. The molecule has 1 aromatic heterocycles. The molecule has 0 saturated carbocycles. The van der Waals surface area contributed by atoms with Crippen molar-refractivity contribution in [3.8, 4) is 0 Å². The number of carbonyl (C=O) groups excluding carboxylic acids is 1. The highest BCUT2D eigenvalue weighted by Crippen LogP contribution is 2.23. The summed E-state index contributed by atoms with van der Waals surface area (Å²) in [5, 5.41) is 7.10. The highest BCUT2D eigenvalue weighted by molar-refractivity contribution is 9.10. The number of hydrogen-bond donors (Lipinski definition) is 2. The molecule has 3 N–H and O–H groups in total.